The van der Waals surface area contributed by atoms with Gasteiger partial charge in [0.1, 0.15) is 0 Å². The molecule has 0 radical (unpaired) electrons. The quantitative estimate of drug-likeness (QED) is 0.471. The van der Waals surface area contributed by atoms with Crippen LogP contribution in [0.15, 0.2) is 11.8 Å². The lowest BCUT2D eigenvalue weighted by Crippen LogP contribution is -2.62. The molecule has 0 amide bonds. The Morgan fingerprint density at radius 3 is 1.20 bits per heavy atom. The van der Waals surface area contributed by atoms with E-state index >= 15 is 0 Å². The number of allylic oxidation sites excluding steroid dienone is 1. The molecule has 0 aliphatic carbocycles. The third kappa shape index (κ3) is 3.69. The molecule has 0 bridgehead atoms. The zero-order valence-electron chi connectivity index (χ0n) is 10.5. The number of hydrogen-bond donors (Lipinski definition) is 1. The molecule has 0 aliphatic heterocycles. The van der Waals surface area contributed by atoms with Crippen LogP contribution in [-0.4, -0.2) is 41.3 Å². The van der Waals surface area contributed by atoms with E-state index in [4.69, 9.17) is 5.11 Å². The van der Waals surface area contributed by atoms with Crippen LogP contribution in [0.3, 0.4) is 0 Å². The Morgan fingerprint density at radius 2 is 0.920 bits per heavy atom. The summed E-state index contributed by atoms with van der Waals surface area (Å²) >= 11 is 0. The zero-order chi connectivity index (χ0) is 20.9. The number of aliphatic hydroxyl groups is 1. The van der Waals surface area contributed by atoms with Crippen molar-refractivity contribution < 1.29 is 75.7 Å². The van der Waals surface area contributed by atoms with Gasteiger partial charge in [0.2, 0.25) is 5.83 Å². The van der Waals surface area contributed by atoms with Gasteiger partial charge in [0.15, 0.2) is 0 Å². The molecule has 0 aliphatic rings. The van der Waals surface area contributed by atoms with E-state index < -0.39 is 48.0 Å². The second-order valence-corrected chi connectivity index (χ2v) is 3.96. The van der Waals surface area contributed by atoms with E-state index in [9.17, 15) is 65.9 Å². The molecule has 0 aromatic rings. The number of alkyl halides is 13. The van der Waals surface area contributed by atoms with E-state index in [1.807, 2.05) is 0 Å². The minimum Gasteiger partial charge on any atom is -0.484 e. The number of hydrogen-bond acceptors (Lipinski definition) is 2. The van der Waals surface area contributed by atoms with E-state index in [1.54, 1.807) is 0 Å². The Bertz CT molecular complexity index is 526. The molecule has 0 heterocycles. The van der Waals surface area contributed by atoms with Gasteiger partial charge in [-0.2, -0.15) is 65.9 Å². The summed E-state index contributed by atoms with van der Waals surface area (Å²) in [6, 6.07) is -3.84. The summed E-state index contributed by atoms with van der Waals surface area (Å²) in [6.45, 7) is 0. The lowest BCUT2D eigenvalue weighted by Gasteiger charge is -2.35. The molecular weight excluding hydrogens is 413 g/mol. The fraction of sp³-hybridized carbons (Fsp3) is 0.750. The minimum absolute atomic E-state index is 1.24. The van der Waals surface area contributed by atoms with E-state index in [-0.39, 0.29) is 0 Å². The molecular formula is C8HF15O2. The molecule has 0 aromatic heterocycles. The van der Waals surface area contributed by atoms with Crippen molar-refractivity contribution in [1.82, 2.24) is 0 Å². The van der Waals surface area contributed by atoms with Gasteiger partial charge < -0.3 is 5.11 Å². The van der Waals surface area contributed by atoms with Gasteiger partial charge in [0.05, 0.1) is 0 Å². The molecule has 2 nitrogen and oxygen atoms in total. The average molecular weight is 414 g/mol. The van der Waals surface area contributed by atoms with Gasteiger partial charge in [-0.3, -0.25) is 0 Å². The summed E-state index contributed by atoms with van der Waals surface area (Å²) < 4.78 is 186. The normalized spacial score (nSPS) is 16.8. The largest absolute Gasteiger partial charge is 0.484 e. The van der Waals surface area contributed by atoms with Gasteiger partial charge in [0.25, 0.3) is 0 Å². The van der Waals surface area contributed by atoms with Gasteiger partial charge in [-0.15, -0.1) is 0 Å². The predicted molar refractivity (Wildman–Crippen MR) is 43.7 cm³/mol. The van der Waals surface area contributed by atoms with Gasteiger partial charge in [0, 0.05) is 0 Å². The van der Waals surface area contributed by atoms with Crippen LogP contribution in [-0.2, 0) is 4.74 Å². The first-order chi connectivity index (χ1) is 10.6. The fourth-order valence-electron chi connectivity index (χ4n) is 0.904. The monoisotopic (exact) mass is 414 g/mol. The zero-order valence-corrected chi connectivity index (χ0v) is 10.5. The van der Waals surface area contributed by atoms with E-state index in [0.29, 0.717) is 0 Å². The van der Waals surface area contributed by atoms with Gasteiger partial charge in [-0.1, -0.05) is 0 Å². The van der Waals surface area contributed by atoms with Crippen LogP contribution in [0.2, 0.25) is 0 Å². The summed E-state index contributed by atoms with van der Waals surface area (Å²) in [5.74, 6) is -26.8. The van der Waals surface area contributed by atoms with Crippen molar-refractivity contribution >= 4 is 0 Å². The third-order valence-electron chi connectivity index (χ3n) is 2.19. The third-order valence-corrected chi connectivity index (χ3v) is 2.19. The van der Waals surface area contributed by atoms with Gasteiger partial charge in [-0.25, -0.2) is 4.74 Å². The van der Waals surface area contributed by atoms with Crippen molar-refractivity contribution in [2.24, 2.45) is 0 Å². The minimum atomic E-state index is -7.66. The standard InChI is InChI=1S/C8HF15O2/c9-1(2(10)24)3(11,12)4(13,14)7(20,21)25-8(22,23)5(15,16)6(17,18)19/h24H. The highest BCUT2D eigenvalue weighted by atomic mass is 19.4. The van der Waals surface area contributed by atoms with Gasteiger partial charge >= 0.3 is 42.2 Å². The molecule has 0 unspecified atom stereocenters. The van der Waals surface area contributed by atoms with Crippen molar-refractivity contribution in [3.8, 4) is 0 Å². The molecule has 0 fully saturated rings. The summed E-state index contributed by atoms with van der Waals surface area (Å²) in [5.41, 5.74) is 0. The molecule has 0 aromatic carbocycles. The number of halogens is 15. The lowest BCUT2D eigenvalue weighted by molar-refractivity contribution is -0.506. The molecule has 25 heavy (non-hydrogen) atoms. The maximum atomic E-state index is 12.8. The van der Waals surface area contributed by atoms with Crippen LogP contribution in [0.1, 0.15) is 0 Å². The van der Waals surface area contributed by atoms with E-state index in [2.05, 4.69) is 0 Å². The van der Waals surface area contributed by atoms with Crippen LogP contribution >= 0.6 is 0 Å². The highest BCUT2D eigenvalue weighted by molar-refractivity contribution is 5.13. The lowest BCUT2D eigenvalue weighted by atomic mass is 10.1. The Balaban J connectivity index is 6.06. The smallest absolute Gasteiger partial charge is 0.462 e. The molecule has 0 saturated heterocycles. The molecule has 0 rings (SSSR count). The Hall–Kier alpha value is -1.55. The molecule has 1 N–H and O–H groups in total. The average Bonchev–Trinajstić information content (AvgIpc) is 2.34. The maximum absolute atomic E-state index is 12.8. The van der Waals surface area contributed by atoms with Crippen LogP contribution < -0.4 is 0 Å². The topological polar surface area (TPSA) is 29.5 Å². The van der Waals surface area contributed by atoms with Crippen molar-refractivity contribution in [3.63, 3.8) is 0 Å². The van der Waals surface area contributed by atoms with Gasteiger partial charge in [-0.05, 0) is 0 Å². The summed E-state index contributed by atoms with van der Waals surface area (Å²) in [4.78, 5) is 0. The summed E-state index contributed by atoms with van der Waals surface area (Å²) in [6.07, 6.45) is -22.5. The Morgan fingerprint density at radius 1 is 0.600 bits per heavy atom. The summed E-state index contributed by atoms with van der Waals surface area (Å²) in [5, 5.41) is 7.58. The second-order valence-electron chi connectivity index (χ2n) is 3.96. The molecule has 0 saturated carbocycles. The van der Waals surface area contributed by atoms with E-state index in [0.717, 1.165) is 0 Å². The number of rotatable bonds is 6. The first kappa shape index (κ1) is 23.4. The summed E-state index contributed by atoms with van der Waals surface area (Å²) in [7, 11) is 0. The van der Waals surface area contributed by atoms with Crippen LogP contribution in [0.25, 0.3) is 0 Å². The van der Waals surface area contributed by atoms with Crippen molar-refractivity contribution in [1.29, 1.82) is 0 Å². The highest BCUT2D eigenvalue weighted by Crippen LogP contribution is 2.55. The van der Waals surface area contributed by atoms with Crippen molar-refractivity contribution in [2.75, 3.05) is 0 Å². The molecule has 17 heteroatoms. The molecule has 0 spiro atoms. The number of ether oxygens (including phenoxy) is 1. The number of aliphatic hydroxyl groups excluding tert-OH is 1. The SMILES string of the molecule is OC(F)=C(F)C(F)(F)C(F)(F)C(F)(F)OC(F)(F)C(F)(F)C(F)(F)F. The first-order valence-electron chi connectivity index (χ1n) is 4.97. The Kier molecular flexibility index (Phi) is 5.64. The highest BCUT2D eigenvalue weighted by Gasteiger charge is 2.82. The van der Waals surface area contributed by atoms with Crippen molar-refractivity contribution in [2.45, 2.75) is 36.2 Å². The maximum Gasteiger partial charge on any atom is 0.462 e. The van der Waals surface area contributed by atoms with Crippen LogP contribution in [0.4, 0.5) is 65.9 Å². The first-order valence-corrected chi connectivity index (χ1v) is 4.97. The van der Waals surface area contributed by atoms with Crippen molar-refractivity contribution in [3.05, 3.63) is 11.8 Å². The second kappa shape index (κ2) is 6.01. The van der Waals surface area contributed by atoms with Crippen LogP contribution in [0.5, 0.6) is 0 Å². The Labute approximate surface area is 125 Å². The fourth-order valence-corrected chi connectivity index (χ4v) is 0.904. The molecule has 0 atom stereocenters. The van der Waals surface area contributed by atoms with E-state index in [1.165, 1.54) is 4.74 Å². The van der Waals surface area contributed by atoms with Crippen LogP contribution in [0, 0.1) is 0 Å². The predicted octanol–water partition coefficient (Wildman–Crippen LogP) is 5.32. The molecule has 150 valence electrons.